The van der Waals surface area contributed by atoms with Crippen LogP contribution in [-0.2, 0) is 4.79 Å². The Labute approximate surface area is 132 Å². The van der Waals surface area contributed by atoms with Crippen molar-refractivity contribution < 1.29 is 9.53 Å². The Kier molecular flexibility index (Phi) is 5.48. The van der Waals surface area contributed by atoms with Gasteiger partial charge in [0.1, 0.15) is 5.75 Å². The first-order valence-corrected chi connectivity index (χ1v) is 7.45. The highest BCUT2D eigenvalue weighted by atomic mass is 35.5. The van der Waals surface area contributed by atoms with Crippen LogP contribution in [0.4, 0.5) is 0 Å². The number of methoxy groups -OCH3 is 1. The SMILES string of the molecule is COc1cccc(C2CCCN2C(=O)C2CCNC2)c1.Cl. The van der Waals surface area contributed by atoms with Gasteiger partial charge in [0.2, 0.25) is 5.91 Å². The summed E-state index contributed by atoms with van der Waals surface area (Å²) in [5, 5.41) is 3.28. The van der Waals surface area contributed by atoms with E-state index < -0.39 is 0 Å². The molecule has 0 saturated carbocycles. The smallest absolute Gasteiger partial charge is 0.227 e. The second kappa shape index (κ2) is 7.14. The Morgan fingerprint density at radius 3 is 2.95 bits per heavy atom. The molecule has 2 fully saturated rings. The molecule has 0 spiro atoms. The van der Waals surface area contributed by atoms with E-state index in [1.54, 1.807) is 7.11 Å². The van der Waals surface area contributed by atoms with E-state index in [1.165, 1.54) is 5.56 Å². The van der Waals surface area contributed by atoms with Crippen LogP contribution in [0.3, 0.4) is 0 Å². The maximum atomic E-state index is 12.6. The van der Waals surface area contributed by atoms with Crippen molar-refractivity contribution in [3.8, 4) is 5.75 Å². The molecule has 0 bridgehead atoms. The largest absolute Gasteiger partial charge is 0.497 e. The number of likely N-dealkylation sites (tertiary alicyclic amines) is 1. The van der Waals surface area contributed by atoms with Crippen molar-refractivity contribution in [2.24, 2.45) is 5.92 Å². The summed E-state index contributed by atoms with van der Waals surface area (Å²) in [5.74, 6) is 1.35. The van der Waals surface area contributed by atoms with Crippen LogP contribution in [0.1, 0.15) is 30.9 Å². The van der Waals surface area contributed by atoms with E-state index in [9.17, 15) is 4.79 Å². The lowest BCUT2D eigenvalue weighted by molar-refractivity contribution is -0.135. The summed E-state index contributed by atoms with van der Waals surface area (Å²) in [6.45, 7) is 2.69. The zero-order chi connectivity index (χ0) is 13.9. The van der Waals surface area contributed by atoms with Gasteiger partial charge in [-0.1, -0.05) is 12.1 Å². The predicted octanol–water partition coefficient (Wildman–Crippen LogP) is 2.39. The number of hydrogen-bond donors (Lipinski definition) is 1. The number of nitrogens with one attached hydrogen (secondary N) is 1. The summed E-state index contributed by atoms with van der Waals surface area (Å²) in [6.07, 6.45) is 3.12. The van der Waals surface area contributed by atoms with Gasteiger partial charge in [-0.15, -0.1) is 12.4 Å². The van der Waals surface area contributed by atoms with Crippen LogP contribution in [0.2, 0.25) is 0 Å². The molecular weight excluding hydrogens is 288 g/mol. The molecule has 2 unspecified atom stereocenters. The first kappa shape index (κ1) is 16.1. The van der Waals surface area contributed by atoms with Crippen molar-refractivity contribution in [2.75, 3.05) is 26.7 Å². The van der Waals surface area contributed by atoms with Crippen LogP contribution in [-0.4, -0.2) is 37.6 Å². The molecule has 3 rings (SSSR count). The predicted molar refractivity (Wildman–Crippen MR) is 84.9 cm³/mol. The van der Waals surface area contributed by atoms with Gasteiger partial charge in [-0.2, -0.15) is 0 Å². The molecule has 2 heterocycles. The average Bonchev–Trinajstić information content (AvgIpc) is 3.17. The molecule has 2 aliphatic heterocycles. The third-order valence-electron chi connectivity index (χ3n) is 4.42. The molecule has 1 N–H and O–H groups in total. The van der Waals surface area contributed by atoms with Gasteiger partial charge in [-0.3, -0.25) is 4.79 Å². The quantitative estimate of drug-likeness (QED) is 0.932. The molecule has 0 aliphatic carbocycles. The van der Waals surface area contributed by atoms with Crippen molar-refractivity contribution in [3.05, 3.63) is 29.8 Å². The lowest BCUT2D eigenvalue weighted by atomic mass is 10.0. The number of halogens is 1. The molecule has 2 saturated heterocycles. The normalized spacial score (nSPS) is 24.7. The van der Waals surface area contributed by atoms with E-state index in [0.717, 1.165) is 44.6 Å². The van der Waals surface area contributed by atoms with Gasteiger partial charge in [-0.25, -0.2) is 0 Å². The van der Waals surface area contributed by atoms with Crippen LogP contribution >= 0.6 is 12.4 Å². The van der Waals surface area contributed by atoms with Crippen LogP contribution in [0, 0.1) is 5.92 Å². The molecule has 116 valence electrons. The van der Waals surface area contributed by atoms with Gasteiger partial charge in [0.25, 0.3) is 0 Å². The first-order valence-electron chi connectivity index (χ1n) is 7.45. The van der Waals surface area contributed by atoms with Gasteiger partial charge in [-0.05, 0) is 43.5 Å². The second-order valence-corrected chi connectivity index (χ2v) is 5.66. The van der Waals surface area contributed by atoms with E-state index in [1.807, 2.05) is 12.1 Å². The fourth-order valence-corrected chi connectivity index (χ4v) is 3.33. The molecule has 1 aromatic rings. The monoisotopic (exact) mass is 310 g/mol. The average molecular weight is 311 g/mol. The zero-order valence-electron chi connectivity index (χ0n) is 12.4. The Morgan fingerprint density at radius 1 is 1.38 bits per heavy atom. The Morgan fingerprint density at radius 2 is 2.24 bits per heavy atom. The number of ether oxygens (including phenoxy) is 1. The minimum Gasteiger partial charge on any atom is -0.497 e. The van der Waals surface area contributed by atoms with Gasteiger partial charge in [0, 0.05) is 13.1 Å². The number of carbonyl (C=O) groups is 1. The molecule has 1 aromatic carbocycles. The molecular formula is C16H23ClN2O2. The van der Waals surface area contributed by atoms with Gasteiger partial charge >= 0.3 is 0 Å². The summed E-state index contributed by atoms with van der Waals surface area (Å²) in [7, 11) is 1.68. The molecule has 0 aromatic heterocycles. The van der Waals surface area contributed by atoms with Crippen molar-refractivity contribution in [1.29, 1.82) is 0 Å². The molecule has 2 atom stereocenters. The highest BCUT2D eigenvalue weighted by Gasteiger charge is 2.34. The highest BCUT2D eigenvalue weighted by molar-refractivity contribution is 5.85. The zero-order valence-corrected chi connectivity index (χ0v) is 13.2. The second-order valence-electron chi connectivity index (χ2n) is 5.66. The molecule has 4 nitrogen and oxygen atoms in total. The van der Waals surface area contributed by atoms with Crippen LogP contribution in [0.5, 0.6) is 5.75 Å². The lowest BCUT2D eigenvalue weighted by Crippen LogP contribution is -2.36. The summed E-state index contributed by atoms with van der Waals surface area (Å²) in [4.78, 5) is 14.7. The topological polar surface area (TPSA) is 41.6 Å². The molecule has 2 aliphatic rings. The summed E-state index contributed by atoms with van der Waals surface area (Å²) in [6, 6.07) is 8.34. The van der Waals surface area contributed by atoms with Crippen molar-refractivity contribution >= 4 is 18.3 Å². The van der Waals surface area contributed by atoms with E-state index in [4.69, 9.17) is 4.74 Å². The molecule has 1 amide bonds. The van der Waals surface area contributed by atoms with Crippen molar-refractivity contribution in [1.82, 2.24) is 10.2 Å². The van der Waals surface area contributed by atoms with Gasteiger partial charge in [0.15, 0.2) is 0 Å². The van der Waals surface area contributed by atoms with Crippen molar-refractivity contribution in [3.63, 3.8) is 0 Å². The Balaban J connectivity index is 0.00000161. The van der Waals surface area contributed by atoms with E-state index in [-0.39, 0.29) is 24.4 Å². The summed E-state index contributed by atoms with van der Waals surface area (Å²) < 4.78 is 5.30. The van der Waals surface area contributed by atoms with Crippen molar-refractivity contribution in [2.45, 2.75) is 25.3 Å². The minimum atomic E-state index is 0. The van der Waals surface area contributed by atoms with Gasteiger partial charge < -0.3 is 15.0 Å². The fourth-order valence-electron chi connectivity index (χ4n) is 3.33. The third-order valence-corrected chi connectivity index (χ3v) is 4.42. The minimum absolute atomic E-state index is 0. The third kappa shape index (κ3) is 3.33. The highest BCUT2D eigenvalue weighted by Crippen LogP contribution is 2.34. The summed E-state index contributed by atoms with van der Waals surface area (Å²) in [5.41, 5.74) is 1.20. The first-order chi connectivity index (χ1) is 9.79. The van der Waals surface area contributed by atoms with Crippen LogP contribution in [0.25, 0.3) is 0 Å². The summed E-state index contributed by atoms with van der Waals surface area (Å²) >= 11 is 0. The number of benzene rings is 1. The van der Waals surface area contributed by atoms with Gasteiger partial charge in [0.05, 0.1) is 19.1 Å². The molecule has 0 radical (unpaired) electrons. The number of nitrogens with zero attached hydrogens (tertiary/aromatic N) is 1. The number of carbonyl (C=O) groups excluding carboxylic acids is 1. The molecule has 21 heavy (non-hydrogen) atoms. The standard InChI is InChI=1S/C16H22N2O2.ClH/c1-20-14-5-2-4-12(10-14)15-6-3-9-18(15)16(19)13-7-8-17-11-13;/h2,4-5,10,13,15,17H,3,6-9,11H2,1H3;1H. The number of hydrogen-bond acceptors (Lipinski definition) is 3. The van der Waals surface area contributed by atoms with Crippen LogP contribution in [0.15, 0.2) is 24.3 Å². The lowest BCUT2D eigenvalue weighted by Gasteiger charge is -2.27. The van der Waals surface area contributed by atoms with Crippen LogP contribution < -0.4 is 10.1 Å². The Hall–Kier alpha value is -1.26. The maximum absolute atomic E-state index is 12.6. The Bertz CT molecular complexity index is 489. The number of amides is 1. The van der Waals surface area contributed by atoms with E-state index >= 15 is 0 Å². The molecule has 5 heteroatoms. The maximum Gasteiger partial charge on any atom is 0.227 e. The van der Waals surface area contributed by atoms with E-state index in [0.29, 0.717) is 5.91 Å². The number of rotatable bonds is 3. The van der Waals surface area contributed by atoms with E-state index in [2.05, 4.69) is 22.3 Å². The fraction of sp³-hybridized carbons (Fsp3) is 0.562.